The van der Waals surface area contributed by atoms with Crippen LogP contribution < -0.4 is 5.32 Å². The molecule has 1 aliphatic carbocycles. The first-order valence-electron chi connectivity index (χ1n) is 2.79. The van der Waals surface area contributed by atoms with Crippen molar-refractivity contribution in [2.24, 2.45) is 5.41 Å². The minimum atomic E-state index is -2.52. The lowest BCUT2D eigenvalue weighted by Crippen LogP contribution is -2.61. The van der Waals surface area contributed by atoms with Gasteiger partial charge in [-0.05, 0) is 12.8 Å². The van der Waals surface area contributed by atoms with E-state index in [9.17, 15) is 8.78 Å². The highest BCUT2D eigenvalue weighted by atomic mass is 35.5. The molecule has 1 nitrogen and oxygen atoms in total. The zero-order valence-electron chi connectivity index (χ0n) is 4.79. The van der Waals surface area contributed by atoms with Gasteiger partial charge in [-0.2, -0.15) is 8.78 Å². The molecule has 4 heteroatoms. The number of hydrogen-bond donors (Lipinski definition) is 1. The van der Waals surface area contributed by atoms with Gasteiger partial charge in [0.15, 0.2) is 0 Å². The fourth-order valence-corrected chi connectivity index (χ4v) is 1.11. The fraction of sp³-hybridized carbons (Fsp3) is 1.00. The average Bonchev–Trinajstić information content (AvgIpc) is 2.41. The van der Waals surface area contributed by atoms with Crippen molar-refractivity contribution in [2.75, 3.05) is 6.54 Å². The summed E-state index contributed by atoms with van der Waals surface area (Å²) in [5.41, 5.74) is -0.576. The van der Waals surface area contributed by atoms with Crippen LogP contribution in [0.3, 0.4) is 0 Å². The first-order chi connectivity index (χ1) is 3.66. The second kappa shape index (κ2) is 1.58. The maximum absolute atomic E-state index is 12.3. The van der Waals surface area contributed by atoms with Gasteiger partial charge in [0.2, 0.25) is 0 Å². The molecule has 1 saturated heterocycles. The Labute approximate surface area is 58.2 Å². The van der Waals surface area contributed by atoms with Crippen LogP contribution in [0, 0.1) is 5.41 Å². The standard InChI is InChI=1S/C5H7F2N.ClH/c6-5(7)4(1-2-4)3-8-5;/h8H,1-3H2;1H. The van der Waals surface area contributed by atoms with Crippen molar-refractivity contribution in [1.29, 1.82) is 0 Å². The Morgan fingerprint density at radius 2 is 1.78 bits per heavy atom. The third kappa shape index (κ3) is 0.679. The van der Waals surface area contributed by atoms with Gasteiger partial charge in [0.25, 0.3) is 0 Å². The summed E-state index contributed by atoms with van der Waals surface area (Å²) in [5.74, 6) is 0. The summed E-state index contributed by atoms with van der Waals surface area (Å²) in [6.07, 6.45) is 1.43. The smallest absolute Gasteiger partial charge is 0.257 e. The molecule has 0 unspecified atom stereocenters. The topological polar surface area (TPSA) is 12.0 Å². The van der Waals surface area contributed by atoms with Gasteiger partial charge in [0.1, 0.15) is 0 Å². The van der Waals surface area contributed by atoms with Crippen molar-refractivity contribution >= 4 is 12.4 Å². The van der Waals surface area contributed by atoms with Crippen LogP contribution in [0.1, 0.15) is 12.8 Å². The van der Waals surface area contributed by atoms with Crippen LogP contribution >= 0.6 is 12.4 Å². The average molecular weight is 156 g/mol. The minimum Gasteiger partial charge on any atom is -0.257 e. The molecular formula is C5H8ClF2N. The van der Waals surface area contributed by atoms with E-state index in [1.54, 1.807) is 0 Å². The molecule has 0 aromatic carbocycles. The lowest BCUT2D eigenvalue weighted by molar-refractivity contribution is -0.166. The second-order valence-corrected chi connectivity index (χ2v) is 2.71. The summed E-state index contributed by atoms with van der Waals surface area (Å²) in [5, 5.41) is 2.10. The van der Waals surface area contributed by atoms with Crippen molar-refractivity contribution in [3.63, 3.8) is 0 Å². The molecular weight excluding hydrogens is 148 g/mol. The molecule has 1 aliphatic heterocycles. The highest BCUT2D eigenvalue weighted by Crippen LogP contribution is 2.60. The van der Waals surface area contributed by atoms with Gasteiger partial charge in [-0.1, -0.05) is 0 Å². The maximum Gasteiger partial charge on any atom is 0.309 e. The molecule has 2 aliphatic rings. The molecule has 0 bridgehead atoms. The largest absolute Gasteiger partial charge is 0.309 e. The molecule has 9 heavy (non-hydrogen) atoms. The van der Waals surface area contributed by atoms with Gasteiger partial charge >= 0.3 is 6.05 Å². The molecule has 0 amide bonds. The van der Waals surface area contributed by atoms with Gasteiger partial charge in [0, 0.05) is 6.54 Å². The van der Waals surface area contributed by atoms with E-state index < -0.39 is 11.5 Å². The Kier molecular flexibility index (Phi) is 1.27. The third-order valence-corrected chi connectivity index (χ3v) is 2.17. The summed E-state index contributed by atoms with van der Waals surface area (Å²) in [4.78, 5) is 0. The van der Waals surface area contributed by atoms with Gasteiger partial charge in [-0.25, -0.2) is 0 Å². The molecule has 0 radical (unpaired) electrons. The molecule has 0 atom stereocenters. The number of hydrogen-bond acceptors (Lipinski definition) is 1. The molecule has 54 valence electrons. The predicted molar refractivity (Wildman–Crippen MR) is 31.9 cm³/mol. The number of alkyl halides is 2. The third-order valence-electron chi connectivity index (χ3n) is 2.17. The Hall–Kier alpha value is 0.110. The molecule has 2 rings (SSSR count). The highest BCUT2D eigenvalue weighted by Gasteiger charge is 2.68. The molecule has 1 N–H and O–H groups in total. The van der Waals surface area contributed by atoms with Crippen molar-refractivity contribution in [2.45, 2.75) is 18.9 Å². The molecule has 1 heterocycles. The van der Waals surface area contributed by atoms with Crippen LogP contribution in [0.4, 0.5) is 8.78 Å². The monoisotopic (exact) mass is 155 g/mol. The van der Waals surface area contributed by atoms with Gasteiger partial charge in [-0.3, -0.25) is 5.32 Å². The number of nitrogens with one attached hydrogen (secondary N) is 1. The first-order valence-corrected chi connectivity index (χ1v) is 2.79. The summed E-state index contributed by atoms with van der Waals surface area (Å²) in [6, 6.07) is -2.52. The highest BCUT2D eigenvalue weighted by molar-refractivity contribution is 5.85. The summed E-state index contributed by atoms with van der Waals surface area (Å²) in [6.45, 7) is 0.528. The zero-order chi connectivity index (χ0) is 5.83. The molecule has 1 spiro atoms. The lowest BCUT2D eigenvalue weighted by Gasteiger charge is -2.37. The Morgan fingerprint density at radius 3 is 1.78 bits per heavy atom. The van der Waals surface area contributed by atoms with Crippen molar-refractivity contribution in [3.05, 3.63) is 0 Å². The molecule has 0 aromatic heterocycles. The van der Waals surface area contributed by atoms with E-state index in [-0.39, 0.29) is 12.4 Å². The summed E-state index contributed by atoms with van der Waals surface area (Å²) in [7, 11) is 0. The van der Waals surface area contributed by atoms with Crippen molar-refractivity contribution < 1.29 is 8.78 Å². The fourth-order valence-electron chi connectivity index (χ4n) is 1.11. The van der Waals surface area contributed by atoms with Crippen LogP contribution in [-0.4, -0.2) is 12.6 Å². The minimum absolute atomic E-state index is 0. The molecule has 2 fully saturated rings. The second-order valence-electron chi connectivity index (χ2n) is 2.71. The lowest BCUT2D eigenvalue weighted by atomic mass is 9.96. The summed E-state index contributed by atoms with van der Waals surface area (Å²) < 4.78 is 24.5. The number of halogens is 3. The Bertz CT molecular complexity index is 129. The van der Waals surface area contributed by atoms with Crippen molar-refractivity contribution in [3.8, 4) is 0 Å². The first kappa shape index (κ1) is 7.22. The quantitative estimate of drug-likeness (QED) is 0.522. The van der Waals surface area contributed by atoms with E-state index >= 15 is 0 Å². The van der Waals surface area contributed by atoms with Gasteiger partial charge < -0.3 is 0 Å². The van der Waals surface area contributed by atoms with E-state index in [1.807, 2.05) is 0 Å². The van der Waals surface area contributed by atoms with E-state index in [0.717, 1.165) is 0 Å². The Morgan fingerprint density at radius 1 is 1.22 bits per heavy atom. The van der Waals surface area contributed by atoms with Crippen LogP contribution in [-0.2, 0) is 0 Å². The van der Waals surface area contributed by atoms with Crippen molar-refractivity contribution in [1.82, 2.24) is 5.32 Å². The normalized spacial score (nSPS) is 32.7. The van der Waals surface area contributed by atoms with E-state index in [2.05, 4.69) is 5.32 Å². The van der Waals surface area contributed by atoms with E-state index in [1.165, 1.54) is 0 Å². The van der Waals surface area contributed by atoms with Crippen LogP contribution in [0.25, 0.3) is 0 Å². The molecule has 1 saturated carbocycles. The van der Waals surface area contributed by atoms with E-state index in [0.29, 0.717) is 19.4 Å². The SMILES string of the molecule is Cl.FC1(F)NCC12CC2. The zero-order valence-corrected chi connectivity index (χ0v) is 5.60. The van der Waals surface area contributed by atoms with Gasteiger partial charge in [-0.15, -0.1) is 12.4 Å². The van der Waals surface area contributed by atoms with Gasteiger partial charge in [0.05, 0.1) is 5.41 Å². The summed E-state index contributed by atoms with van der Waals surface area (Å²) >= 11 is 0. The van der Waals surface area contributed by atoms with E-state index in [4.69, 9.17) is 0 Å². The predicted octanol–water partition coefficient (Wildman–Crippen LogP) is 1.38. The van der Waals surface area contributed by atoms with Crippen LogP contribution in [0.2, 0.25) is 0 Å². The number of rotatable bonds is 0. The maximum atomic E-state index is 12.3. The molecule has 0 aromatic rings. The Balaban J connectivity index is 0.000000405. The van der Waals surface area contributed by atoms with Crippen LogP contribution in [0.5, 0.6) is 0 Å². The van der Waals surface area contributed by atoms with Crippen LogP contribution in [0.15, 0.2) is 0 Å².